The lowest BCUT2D eigenvalue weighted by Crippen LogP contribution is -2.59. The van der Waals surface area contributed by atoms with E-state index in [-0.39, 0.29) is 78.8 Å². The molecule has 0 spiro atoms. The molecule has 22 nitrogen and oxygen atoms in total. The molecular formula is C67H82F3N10O12PS3. The predicted molar refractivity (Wildman–Crippen MR) is 360 cm³/mol. The Morgan fingerprint density at radius 2 is 1.36 bits per heavy atom. The number of hydrogen-bond donors (Lipinski definition) is 9. The molecule has 3 fully saturated rings. The van der Waals surface area contributed by atoms with E-state index in [0.717, 1.165) is 69.3 Å². The fourth-order valence-corrected chi connectivity index (χ4v) is 14.9. The molecule has 6 aromatic rings. The number of nitrogens with zero attached hydrogens (tertiary/aromatic N) is 4. The number of anilines is 1. The summed E-state index contributed by atoms with van der Waals surface area (Å²) in [6, 6.07) is 14.9. The summed E-state index contributed by atoms with van der Waals surface area (Å²) in [7, 11) is -5.88. The molecule has 3 aromatic carbocycles. The van der Waals surface area contributed by atoms with Crippen LogP contribution in [0.2, 0.25) is 0 Å². The van der Waals surface area contributed by atoms with Gasteiger partial charge in [-0.05, 0) is 90.1 Å². The molecule has 3 aromatic heterocycles. The third-order valence-corrected chi connectivity index (χ3v) is 21.5. The zero-order valence-electron chi connectivity index (χ0n) is 54.4. The average Bonchev–Trinajstić information content (AvgIpc) is 1.44. The molecule has 2 aliphatic heterocycles. The number of aromatic nitrogens is 2. The van der Waals surface area contributed by atoms with E-state index >= 15 is 0 Å². The summed E-state index contributed by atoms with van der Waals surface area (Å²) in [6.07, 6.45) is 4.84. The van der Waals surface area contributed by atoms with E-state index in [1.807, 2.05) is 61.5 Å². The number of rotatable bonds is 27. The number of aryl methyl sites for hydroxylation is 1. The minimum atomic E-state index is -5.88. The average molecular weight is 1400 g/mol. The number of nitrogens with one attached hydrogen (secondary N) is 6. The monoisotopic (exact) mass is 1400 g/mol. The number of thiophene rings is 1. The van der Waals surface area contributed by atoms with Crippen molar-refractivity contribution >= 4 is 104 Å². The first-order valence-corrected chi connectivity index (χ1v) is 36.1. The first-order valence-electron chi connectivity index (χ1n) is 32.0. The van der Waals surface area contributed by atoms with Crippen LogP contribution in [0.15, 0.2) is 90.6 Å². The topological polar surface area (TPSA) is 319 Å². The highest BCUT2D eigenvalue weighted by atomic mass is 32.1. The van der Waals surface area contributed by atoms with Crippen molar-refractivity contribution in [3.63, 3.8) is 0 Å². The number of carbonyl (C=O) groups is 8. The van der Waals surface area contributed by atoms with Crippen LogP contribution in [0.3, 0.4) is 0 Å². The summed E-state index contributed by atoms with van der Waals surface area (Å²) in [4.78, 5) is 143. The minimum Gasteiger partial charge on any atom is -0.391 e. The van der Waals surface area contributed by atoms with E-state index in [4.69, 9.17) is 0 Å². The molecule has 0 radical (unpaired) electrons. The maximum absolute atomic E-state index is 14.9. The normalized spacial score (nSPS) is 18.9. The third kappa shape index (κ3) is 17.8. The number of thiazole rings is 2. The van der Waals surface area contributed by atoms with Crippen LogP contribution in [0.1, 0.15) is 151 Å². The van der Waals surface area contributed by atoms with Crippen molar-refractivity contribution in [2.24, 2.45) is 10.8 Å². The van der Waals surface area contributed by atoms with Gasteiger partial charge in [-0.25, -0.2) is 14.4 Å². The third-order valence-electron chi connectivity index (χ3n) is 17.4. The number of unbranched alkanes of at least 4 members (excludes halogenated alkanes) is 5. The highest BCUT2D eigenvalue weighted by molar-refractivity contribution is 7.52. The van der Waals surface area contributed by atoms with Crippen molar-refractivity contribution in [3.05, 3.63) is 112 Å². The van der Waals surface area contributed by atoms with Gasteiger partial charge in [-0.3, -0.25) is 42.9 Å². The van der Waals surface area contributed by atoms with E-state index in [0.29, 0.717) is 36.1 Å². The number of alkyl halides is 3. The molecule has 96 heavy (non-hydrogen) atoms. The molecule has 3 aliphatic rings. The van der Waals surface area contributed by atoms with Crippen LogP contribution in [0.4, 0.5) is 18.3 Å². The first kappa shape index (κ1) is 72.8. The zero-order chi connectivity index (χ0) is 69.7. The molecule has 1 aliphatic carbocycles. The smallest absolute Gasteiger partial charge is 0.391 e. The number of aliphatic hydroxyl groups excluding tert-OH is 1. The molecule has 7 atom stereocenters. The second-order valence-electron chi connectivity index (χ2n) is 27.1. The van der Waals surface area contributed by atoms with Gasteiger partial charge in [0.05, 0.1) is 44.4 Å². The number of aliphatic hydroxyl groups is 1. The van der Waals surface area contributed by atoms with Gasteiger partial charge in [0, 0.05) is 55.0 Å². The highest BCUT2D eigenvalue weighted by Gasteiger charge is 2.54. The van der Waals surface area contributed by atoms with Gasteiger partial charge in [-0.15, -0.1) is 22.7 Å². The van der Waals surface area contributed by atoms with Crippen molar-refractivity contribution < 1.29 is 71.0 Å². The van der Waals surface area contributed by atoms with Gasteiger partial charge in [-0.2, -0.15) is 8.78 Å². The maximum Gasteiger partial charge on any atom is 0.399 e. The Morgan fingerprint density at radius 3 is 2.00 bits per heavy atom. The Balaban J connectivity index is 0.771. The summed E-state index contributed by atoms with van der Waals surface area (Å²) in [5, 5.41) is 28.4. The molecule has 2 saturated heterocycles. The van der Waals surface area contributed by atoms with Crippen molar-refractivity contribution in [3.8, 4) is 20.9 Å². The lowest BCUT2D eigenvalue weighted by Gasteiger charge is -2.36. The number of amides is 8. The fourth-order valence-electron chi connectivity index (χ4n) is 11.8. The lowest BCUT2D eigenvalue weighted by atomic mass is 9.85. The van der Waals surface area contributed by atoms with Crippen LogP contribution in [-0.2, 0) is 43.8 Å². The molecule has 0 bridgehead atoms. The number of hydrogen-bond acceptors (Lipinski definition) is 15. The van der Waals surface area contributed by atoms with Crippen molar-refractivity contribution in [2.75, 3.05) is 25.0 Å². The molecular weight excluding hydrogens is 1320 g/mol. The highest BCUT2D eigenvalue weighted by Crippen LogP contribution is 2.59. The van der Waals surface area contributed by atoms with Gasteiger partial charge in [0.15, 0.2) is 10.8 Å². The standard InChI is InChI=1S/C67H82F3N10O12PS3/c1-38-54(94-37-73-38)41-22-20-39(21-23-41)46(75-57(84)48-32-45(81)36-80(48)61(88)56(65(5,6)7)77-62(89)66(68)26-27-66)33-53(83)71-28-16-11-9-8-10-15-19-52(82)74-44-31-47(58(85)78-63-72-34-51(96-63)40-17-13-12-14-18-40)79(35-44)60(87)55(64(2,3)4)76-59(86)50-30-42-29-43(24-25-49(42)95-50)67(69,70)93(90,91)92/h12-14,17-18,20-25,29-30,34,37,44-48,55-56,81H,8-11,15-16,19,26-28,31-33,35-36H2,1-7H3,(H,71,83)(H,74,82)(H,75,84)(H,76,86)(H,77,89)(H,72,78,85)(H2,90,91,92)/t44-,45-,46+,47+,48+,55-,56-/m1/s1. The SMILES string of the molecule is Cc1ncsc1-c1ccc([C@H](CC(=O)NCCCCCCCCC(=O)N[C@@H]2C[C@@H](C(=O)Nc3ncc(-c4ccccc4)s3)N(C(=O)[C@@H](NC(=O)c3cc4cc(C(F)(F)P(=O)(O)O)ccc4s3)C(C)(C)C)C2)NC(=O)[C@@H]2C[C@@H](O)CN2C(=O)[C@@H](NC(=O)C2(F)CC2)C(C)(C)C)cc1. The van der Waals surface area contributed by atoms with Crippen molar-refractivity contribution in [1.29, 1.82) is 0 Å². The van der Waals surface area contributed by atoms with Gasteiger partial charge in [0.1, 0.15) is 24.2 Å². The largest absolute Gasteiger partial charge is 0.399 e. The second-order valence-corrected chi connectivity index (χ2v) is 31.7. The number of benzene rings is 3. The van der Waals surface area contributed by atoms with E-state index in [1.54, 1.807) is 53.2 Å². The Hall–Kier alpha value is -7.46. The molecule has 9 rings (SSSR count). The number of fused-ring (bicyclic) bond motifs is 1. The molecule has 8 amide bonds. The summed E-state index contributed by atoms with van der Waals surface area (Å²) in [5.74, 6) is -4.67. The van der Waals surface area contributed by atoms with Crippen LogP contribution in [-0.4, -0.2) is 144 Å². The van der Waals surface area contributed by atoms with Crippen LogP contribution in [0.5, 0.6) is 0 Å². The summed E-state index contributed by atoms with van der Waals surface area (Å²) < 4.78 is 56.1. The van der Waals surface area contributed by atoms with Gasteiger partial charge in [0.2, 0.25) is 35.4 Å². The number of halogens is 3. The lowest BCUT2D eigenvalue weighted by molar-refractivity contribution is -0.145. The summed E-state index contributed by atoms with van der Waals surface area (Å²) >= 11 is 3.64. The van der Waals surface area contributed by atoms with Crippen LogP contribution in [0, 0.1) is 17.8 Å². The first-order chi connectivity index (χ1) is 45.2. The molecule has 516 valence electrons. The Bertz CT molecular complexity index is 3890. The fraction of sp³-hybridized carbons (Fsp3) is 0.493. The van der Waals surface area contributed by atoms with Crippen LogP contribution < -0.4 is 31.9 Å². The minimum absolute atomic E-state index is 0.0259. The van der Waals surface area contributed by atoms with E-state index < -0.39 is 113 Å². The Morgan fingerprint density at radius 1 is 0.729 bits per heavy atom. The number of carbonyl (C=O) groups excluding carboxylic acids is 8. The molecule has 9 N–H and O–H groups in total. The summed E-state index contributed by atoms with van der Waals surface area (Å²) in [6.45, 7) is 12.3. The van der Waals surface area contributed by atoms with Gasteiger partial charge in [-0.1, -0.05) is 139 Å². The van der Waals surface area contributed by atoms with Gasteiger partial charge < -0.3 is 56.6 Å². The van der Waals surface area contributed by atoms with E-state index in [9.17, 15) is 71.0 Å². The van der Waals surface area contributed by atoms with E-state index in [1.165, 1.54) is 44.6 Å². The number of likely N-dealkylation sites (tertiary alicyclic amines) is 2. The quantitative estimate of drug-likeness (QED) is 0.0171. The molecule has 29 heteroatoms. The summed E-state index contributed by atoms with van der Waals surface area (Å²) in [5.41, 5.74) is -4.30. The Kier molecular flexibility index (Phi) is 22.8. The van der Waals surface area contributed by atoms with Crippen molar-refractivity contribution in [1.82, 2.24) is 46.4 Å². The molecule has 0 unspecified atom stereocenters. The van der Waals surface area contributed by atoms with E-state index in [2.05, 4.69) is 41.9 Å². The van der Waals surface area contributed by atoms with Gasteiger partial charge in [0.25, 0.3) is 11.8 Å². The number of β-amino-alcohol motifs (C(OH)–C–C–N with tert-alkyl or cyclic N) is 1. The predicted octanol–water partition coefficient (Wildman–Crippen LogP) is 9.64. The van der Waals surface area contributed by atoms with Crippen molar-refractivity contribution in [2.45, 2.75) is 179 Å². The van der Waals surface area contributed by atoms with Crippen LogP contribution >= 0.6 is 41.6 Å². The zero-order valence-corrected chi connectivity index (χ0v) is 57.8. The second kappa shape index (κ2) is 30.1. The molecule has 1 saturated carbocycles. The van der Waals surface area contributed by atoms with Crippen LogP contribution in [0.25, 0.3) is 31.0 Å². The van der Waals surface area contributed by atoms with Gasteiger partial charge >= 0.3 is 13.3 Å². The maximum atomic E-state index is 14.9. The molecule has 5 heterocycles. The Labute approximate surface area is 566 Å².